The Labute approximate surface area is 212 Å². The van der Waals surface area contributed by atoms with E-state index in [1.165, 1.54) is 6.20 Å². The van der Waals surface area contributed by atoms with Crippen LogP contribution < -0.4 is 34.9 Å². The number of nitrogens with one attached hydrogen (secondary N) is 2. The maximum atomic E-state index is 13.0. The van der Waals surface area contributed by atoms with E-state index in [4.69, 9.17) is 0 Å². The van der Waals surface area contributed by atoms with Crippen molar-refractivity contribution in [1.29, 1.82) is 0 Å². The molecule has 0 saturated heterocycles. The van der Waals surface area contributed by atoms with Gasteiger partial charge in [0.1, 0.15) is 5.82 Å². The van der Waals surface area contributed by atoms with Gasteiger partial charge in [-0.15, -0.1) is 10.2 Å². The first-order chi connectivity index (χ1) is 15.5. The second-order valence-corrected chi connectivity index (χ2v) is 7.15. The van der Waals surface area contributed by atoms with Crippen molar-refractivity contribution in [3.63, 3.8) is 0 Å². The summed E-state index contributed by atoms with van der Waals surface area (Å²) in [5.74, 6) is -0.437. The fourth-order valence-corrected chi connectivity index (χ4v) is 3.34. The molecule has 0 amide bonds. The fraction of sp³-hybridized carbons (Fsp3) is 0.227. The van der Waals surface area contributed by atoms with E-state index in [2.05, 4.69) is 35.9 Å². The molecule has 2 heterocycles. The van der Waals surface area contributed by atoms with E-state index >= 15 is 0 Å². The molecule has 0 aliphatic heterocycles. The van der Waals surface area contributed by atoms with Crippen molar-refractivity contribution in [1.82, 2.24) is 30.6 Å². The van der Waals surface area contributed by atoms with Gasteiger partial charge in [-0.25, -0.2) is 9.97 Å². The first-order valence-electron chi connectivity index (χ1n) is 10.0. The fourth-order valence-electron chi connectivity index (χ4n) is 3.34. The van der Waals surface area contributed by atoms with Gasteiger partial charge in [0.25, 0.3) is 0 Å². The predicted octanol–water partition coefficient (Wildman–Crippen LogP) is 2.02. The SMILES string of the molecule is CCCc1cnc(C(F)(F)F)nc1NCc1ccc(-c2ccccc2-c2nn[nH]n2)cc1.[H-].[Na+]. The first kappa shape index (κ1) is 24.8. The third kappa shape index (κ3) is 5.95. The molecule has 2 N–H and O–H groups in total. The molecule has 0 aliphatic carbocycles. The van der Waals surface area contributed by atoms with Gasteiger partial charge in [-0.2, -0.15) is 18.4 Å². The Morgan fingerprint density at radius 3 is 2.39 bits per heavy atom. The number of tetrazole rings is 1. The molecule has 4 rings (SSSR count). The largest absolute Gasteiger partial charge is 1.00 e. The van der Waals surface area contributed by atoms with Crippen LogP contribution in [-0.2, 0) is 19.1 Å². The van der Waals surface area contributed by atoms with Gasteiger partial charge in [0.15, 0.2) is 0 Å². The van der Waals surface area contributed by atoms with E-state index in [-0.39, 0.29) is 36.8 Å². The number of anilines is 1. The van der Waals surface area contributed by atoms with Crippen LogP contribution in [0.5, 0.6) is 0 Å². The maximum Gasteiger partial charge on any atom is 1.00 e. The second kappa shape index (κ2) is 10.9. The van der Waals surface area contributed by atoms with Gasteiger partial charge in [-0.05, 0) is 28.3 Å². The number of hydrogen-bond acceptors (Lipinski definition) is 6. The van der Waals surface area contributed by atoms with E-state index in [9.17, 15) is 13.2 Å². The topological polar surface area (TPSA) is 92.3 Å². The molecule has 0 unspecified atom stereocenters. The molecule has 0 spiro atoms. The molecule has 11 heteroatoms. The summed E-state index contributed by atoms with van der Waals surface area (Å²) in [6.45, 7) is 2.28. The number of halogens is 3. The number of aryl methyl sites for hydroxylation is 1. The molecule has 0 saturated carbocycles. The van der Waals surface area contributed by atoms with Crippen LogP contribution in [0.1, 0.15) is 31.7 Å². The van der Waals surface area contributed by atoms with E-state index in [0.29, 0.717) is 24.4 Å². The first-order valence-corrected chi connectivity index (χ1v) is 10.0. The van der Waals surface area contributed by atoms with Crippen LogP contribution in [0.3, 0.4) is 0 Å². The van der Waals surface area contributed by atoms with Crippen LogP contribution in [-0.4, -0.2) is 30.6 Å². The number of hydrogen-bond donors (Lipinski definition) is 2. The van der Waals surface area contributed by atoms with Gasteiger partial charge in [0, 0.05) is 23.9 Å². The van der Waals surface area contributed by atoms with Crippen molar-refractivity contribution >= 4 is 5.82 Å². The standard InChI is InChI=1S/C22H20F3N7.Na.H/c1-2-5-16-13-27-21(22(23,24)25)28-19(16)26-12-14-8-10-15(11-9-14)17-6-3-4-7-18(17)20-29-31-32-30-20;;/h3-4,6-11,13H,2,5,12H2,1H3,(H,26,27,28)(H,29,30,31,32);;/q;+1;-1. The van der Waals surface area contributed by atoms with Crippen molar-refractivity contribution in [3.8, 4) is 22.5 Å². The number of nitrogens with zero attached hydrogens (tertiary/aromatic N) is 5. The molecule has 0 aliphatic rings. The zero-order valence-corrected chi connectivity index (χ0v) is 20.2. The number of benzene rings is 2. The molecule has 2 aromatic carbocycles. The van der Waals surface area contributed by atoms with Gasteiger partial charge in [0.2, 0.25) is 11.6 Å². The predicted molar refractivity (Wildman–Crippen MR) is 115 cm³/mol. The number of alkyl halides is 3. The van der Waals surface area contributed by atoms with Gasteiger partial charge in [0.05, 0.1) is 0 Å². The quantitative estimate of drug-likeness (QED) is 0.408. The molecule has 4 aromatic rings. The van der Waals surface area contributed by atoms with Crippen LogP contribution >= 0.6 is 0 Å². The summed E-state index contributed by atoms with van der Waals surface area (Å²) < 4.78 is 39.1. The smallest absolute Gasteiger partial charge is 1.00 e. The Hall–Kier alpha value is -2.82. The summed E-state index contributed by atoms with van der Waals surface area (Å²) in [5, 5.41) is 17.2. The summed E-state index contributed by atoms with van der Waals surface area (Å²) in [6.07, 6.45) is -1.97. The average molecular weight is 463 g/mol. The summed E-state index contributed by atoms with van der Waals surface area (Å²) in [7, 11) is 0. The van der Waals surface area contributed by atoms with E-state index in [1.54, 1.807) is 0 Å². The average Bonchev–Trinajstić information content (AvgIpc) is 3.33. The van der Waals surface area contributed by atoms with Crippen molar-refractivity contribution in [2.45, 2.75) is 32.5 Å². The number of H-pyrrole nitrogens is 1. The third-order valence-corrected chi connectivity index (χ3v) is 4.88. The number of aromatic amines is 1. The third-order valence-electron chi connectivity index (χ3n) is 4.88. The summed E-state index contributed by atoms with van der Waals surface area (Å²) >= 11 is 0. The van der Waals surface area contributed by atoms with Crippen LogP contribution in [0.15, 0.2) is 54.7 Å². The van der Waals surface area contributed by atoms with Gasteiger partial charge < -0.3 is 6.74 Å². The van der Waals surface area contributed by atoms with Crippen molar-refractivity contribution in [2.24, 2.45) is 0 Å². The van der Waals surface area contributed by atoms with Crippen molar-refractivity contribution in [3.05, 3.63) is 71.7 Å². The molecule has 166 valence electrons. The number of rotatable bonds is 7. The van der Waals surface area contributed by atoms with Gasteiger partial charge in [-0.3, -0.25) is 0 Å². The van der Waals surface area contributed by atoms with E-state index in [1.807, 2.05) is 55.5 Å². The Kier molecular flexibility index (Phi) is 8.17. The maximum absolute atomic E-state index is 13.0. The zero-order chi connectivity index (χ0) is 22.6. The van der Waals surface area contributed by atoms with Crippen LogP contribution in [0.2, 0.25) is 0 Å². The van der Waals surface area contributed by atoms with Gasteiger partial charge in [-0.1, -0.05) is 61.9 Å². The molecule has 0 atom stereocenters. The number of aromatic nitrogens is 6. The normalized spacial score (nSPS) is 11.2. The summed E-state index contributed by atoms with van der Waals surface area (Å²) in [6, 6.07) is 15.4. The Bertz CT molecular complexity index is 1190. The monoisotopic (exact) mass is 463 g/mol. The molecule has 2 aromatic heterocycles. The van der Waals surface area contributed by atoms with Crippen LogP contribution in [0.25, 0.3) is 22.5 Å². The Morgan fingerprint density at radius 2 is 1.76 bits per heavy atom. The molecule has 0 radical (unpaired) electrons. The van der Waals surface area contributed by atoms with E-state index in [0.717, 1.165) is 28.7 Å². The minimum Gasteiger partial charge on any atom is -1.00 e. The van der Waals surface area contributed by atoms with Gasteiger partial charge >= 0.3 is 35.7 Å². The molecule has 7 nitrogen and oxygen atoms in total. The molecular weight excluding hydrogens is 442 g/mol. The van der Waals surface area contributed by atoms with Crippen LogP contribution in [0, 0.1) is 0 Å². The summed E-state index contributed by atoms with van der Waals surface area (Å²) in [5.41, 5.74) is 4.31. The Balaban J connectivity index is 0.00000204. The van der Waals surface area contributed by atoms with E-state index < -0.39 is 12.0 Å². The minimum absolute atomic E-state index is 0. The van der Waals surface area contributed by atoms with Crippen molar-refractivity contribution in [2.75, 3.05) is 5.32 Å². The Morgan fingerprint density at radius 1 is 1.03 bits per heavy atom. The van der Waals surface area contributed by atoms with Crippen LogP contribution in [0.4, 0.5) is 19.0 Å². The molecular formula is C22H21F3N7Na. The minimum atomic E-state index is -4.59. The summed E-state index contributed by atoms with van der Waals surface area (Å²) in [4.78, 5) is 7.18. The zero-order valence-electron chi connectivity index (χ0n) is 19.2. The second-order valence-electron chi connectivity index (χ2n) is 7.15. The van der Waals surface area contributed by atoms with Crippen molar-refractivity contribution < 1.29 is 44.2 Å². The molecule has 0 bridgehead atoms. The molecule has 33 heavy (non-hydrogen) atoms. The molecule has 0 fully saturated rings.